The van der Waals surface area contributed by atoms with Gasteiger partial charge in [0.15, 0.2) is 0 Å². The van der Waals surface area contributed by atoms with Crippen molar-refractivity contribution < 1.29 is 14.7 Å². The van der Waals surface area contributed by atoms with Gasteiger partial charge < -0.3 is 10.4 Å². The van der Waals surface area contributed by atoms with Crippen LogP contribution >= 0.6 is 11.3 Å². The van der Waals surface area contributed by atoms with Gasteiger partial charge in [0.25, 0.3) is 0 Å². The summed E-state index contributed by atoms with van der Waals surface area (Å²) in [5.74, 6) is -1.16. The zero-order valence-corrected chi connectivity index (χ0v) is 11.6. The second kappa shape index (κ2) is 5.64. The van der Waals surface area contributed by atoms with Gasteiger partial charge in [-0.05, 0) is 19.8 Å². The number of amides is 1. The van der Waals surface area contributed by atoms with Crippen LogP contribution in [0.4, 0.5) is 5.13 Å². The standard InChI is InChI=1S/C12H17N3O3S/c1-8-14-15-11(19-8)13-9(16)7-12(10(17)18)5-3-2-4-6-12/h2-7H2,1H3,(H,17,18)(H,13,15,16). The number of carboxylic acid groups (broad SMARTS) is 1. The highest BCUT2D eigenvalue weighted by Gasteiger charge is 2.41. The predicted molar refractivity (Wildman–Crippen MR) is 71.0 cm³/mol. The summed E-state index contributed by atoms with van der Waals surface area (Å²) in [6.07, 6.45) is 3.96. The van der Waals surface area contributed by atoms with Crippen LogP contribution in [0, 0.1) is 12.3 Å². The van der Waals surface area contributed by atoms with E-state index in [1.54, 1.807) is 6.92 Å². The van der Waals surface area contributed by atoms with E-state index in [0.29, 0.717) is 18.0 Å². The minimum absolute atomic E-state index is 0.0148. The third kappa shape index (κ3) is 3.28. The summed E-state index contributed by atoms with van der Waals surface area (Å²) in [6.45, 7) is 1.80. The molecule has 6 nitrogen and oxygen atoms in total. The third-order valence-electron chi connectivity index (χ3n) is 3.54. The first kappa shape index (κ1) is 13.9. The van der Waals surface area contributed by atoms with Gasteiger partial charge in [-0.1, -0.05) is 30.6 Å². The second-order valence-corrected chi connectivity index (χ2v) is 6.18. The van der Waals surface area contributed by atoms with Gasteiger partial charge in [-0.25, -0.2) is 0 Å². The molecule has 1 aliphatic carbocycles. The average Bonchev–Trinajstić information content (AvgIpc) is 2.75. The van der Waals surface area contributed by atoms with Gasteiger partial charge >= 0.3 is 5.97 Å². The number of nitrogens with one attached hydrogen (secondary N) is 1. The van der Waals surface area contributed by atoms with E-state index in [0.717, 1.165) is 24.3 Å². The van der Waals surface area contributed by atoms with Crippen LogP contribution in [0.2, 0.25) is 0 Å². The maximum atomic E-state index is 12.0. The number of aryl methyl sites for hydroxylation is 1. The minimum Gasteiger partial charge on any atom is -0.481 e. The Hall–Kier alpha value is -1.50. The Morgan fingerprint density at radius 2 is 2.00 bits per heavy atom. The fraction of sp³-hybridized carbons (Fsp3) is 0.667. The molecule has 104 valence electrons. The molecule has 1 saturated carbocycles. The predicted octanol–water partition coefficient (Wildman–Crippen LogP) is 2.21. The van der Waals surface area contributed by atoms with Gasteiger partial charge in [0.05, 0.1) is 5.41 Å². The number of aliphatic carboxylic acids is 1. The number of anilines is 1. The monoisotopic (exact) mass is 283 g/mol. The zero-order valence-electron chi connectivity index (χ0n) is 10.8. The van der Waals surface area contributed by atoms with Crippen LogP contribution in [0.1, 0.15) is 43.5 Å². The molecule has 19 heavy (non-hydrogen) atoms. The van der Waals surface area contributed by atoms with Crippen LogP contribution in [-0.4, -0.2) is 27.2 Å². The molecule has 1 aromatic rings. The fourth-order valence-corrected chi connectivity index (χ4v) is 3.12. The van der Waals surface area contributed by atoms with Crippen molar-refractivity contribution >= 4 is 28.3 Å². The number of nitrogens with zero attached hydrogens (tertiary/aromatic N) is 2. The van der Waals surface area contributed by atoms with Crippen LogP contribution in [-0.2, 0) is 9.59 Å². The summed E-state index contributed by atoms with van der Waals surface area (Å²) < 4.78 is 0. The molecule has 0 aromatic carbocycles. The normalized spacial score (nSPS) is 17.9. The number of carbonyl (C=O) groups excluding carboxylic acids is 1. The summed E-state index contributed by atoms with van der Waals surface area (Å²) in [4.78, 5) is 23.4. The molecule has 0 bridgehead atoms. The largest absolute Gasteiger partial charge is 0.481 e. The van der Waals surface area contributed by atoms with Gasteiger partial charge in [0, 0.05) is 6.42 Å². The first-order valence-corrected chi connectivity index (χ1v) is 7.17. The lowest BCUT2D eigenvalue weighted by atomic mass is 9.71. The molecule has 0 atom stereocenters. The van der Waals surface area contributed by atoms with Crippen LogP contribution in [0.3, 0.4) is 0 Å². The average molecular weight is 283 g/mol. The van der Waals surface area contributed by atoms with Crippen LogP contribution in [0.5, 0.6) is 0 Å². The van der Waals surface area contributed by atoms with Crippen LogP contribution in [0.25, 0.3) is 0 Å². The molecule has 7 heteroatoms. The van der Waals surface area contributed by atoms with E-state index in [-0.39, 0.29) is 12.3 Å². The molecule has 0 spiro atoms. The molecule has 1 aliphatic rings. The van der Waals surface area contributed by atoms with Crippen molar-refractivity contribution in [2.24, 2.45) is 5.41 Å². The summed E-state index contributed by atoms with van der Waals surface area (Å²) >= 11 is 1.28. The van der Waals surface area contributed by atoms with Crippen molar-refractivity contribution in [1.82, 2.24) is 10.2 Å². The molecule has 0 unspecified atom stereocenters. The lowest BCUT2D eigenvalue weighted by Gasteiger charge is -2.32. The van der Waals surface area contributed by atoms with Crippen molar-refractivity contribution in [3.63, 3.8) is 0 Å². The van der Waals surface area contributed by atoms with E-state index in [9.17, 15) is 14.7 Å². The number of aromatic nitrogens is 2. The van der Waals surface area contributed by atoms with E-state index in [1.165, 1.54) is 11.3 Å². The maximum absolute atomic E-state index is 12.0. The first-order valence-electron chi connectivity index (χ1n) is 6.35. The Labute approximate surface area is 115 Å². The van der Waals surface area contributed by atoms with E-state index in [2.05, 4.69) is 15.5 Å². The highest BCUT2D eigenvalue weighted by molar-refractivity contribution is 7.15. The molecule has 0 radical (unpaired) electrons. The molecule has 0 saturated heterocycles. The molecule has 2 rings (SSSR count). The van der Waals surface area contributed by atoms with Crippen LogP contribution < -0.4 is 5.32 Å². The number of rotatable bonds is 4. The molecule has 1 aromatic heterocycles. The van der Waals surface area contributed by atoms with E-state index < -0.39 is 11.4 Å². The van der Waals surface area contributed by atoms with Crippen molar-refractivity contribution in [2.45, 2.75) is 45.4 Å². The second-order valence-electron chi connectivity index (χ2n) is 5.00. The van der Waals surface area contributed by atoms with Gasteiger partial charge in [0.1, 0.15) is 5.01 Å². The van der Waals surface area contributed by atoms with Gasteiger partial charge in [-0.15, -0.1) is 10.2 Å². The molecule has 2 N–H and O–H groups in total. The Morgan fingerprint density at radius 1 is 1.32 bits per heavy atom. The molecular formula is C12H17N3O3S. The fourth-order valence-electron chi connectivity index (χ4n) is 2.51. The van der Waals surface area contributed by atoms with E-state index in [4.69, 9.17) is 0 Å². The molecule has 0 aliphatic heterocycles. The number of hydrogen-bond donors (Lipinski definition) is 2. The van der Waals surface area contributed by atoms with Gasteiger partial charge in [0.2, 0.25) is 11.0 Å². The number of carboxylic acids is 1. The molecule has 1 heterocycles. The number of hydrogen-bond acceptors (Lipinski definition) is 5. The summed E-state index contributed by atoms with van der Waals surface area (Å²) in [5.41, 5.74) is -0.901. The Bertz CT molecular complexity index is 480. The quantitative estimate of drug-likeness (QED) is 0.883. The Balaban J connectivity index is 2.01. The highest BCUT2D eigenvalue weighted by atomic mass is 32.1. The maximum Gasteiger partial charge on any atom is 0.310 e. The lowest BCUT2D eigenvalue weighted by Crippen LogP contribution is -2.37. The van der Waals surface area contributed by atoms with Crippen molar-refractivity contribution in [2.75, 3.05) is 5.32 Å². The smallest absolute Gasteiger partial charge is 0.310 e. The Kier molecular flexibility index (Phi) is 4.14. The topological polar surface area (TPSA) is 92.2 Å². The molecular weight excluding hydrogens is 266 g/mol. The third-order valence-corrected chi connectivity index (χ3v) is 4.29. The number of carbonyl (C=O) groups is 2. The molecule has 1 fully saturated rings. The van der Waals surface area contributed by atoms with E-state index >= 15 is 0 Å². The zero-order chi connectivity index (χ0) is 13.9. The SMILES string of the molecule is Cc1nnc(NC(=O)CC2(C(=O)O)CCCCC2)s1. The Morgan fingerprint density at radius 3 is 2.53 bits per heavy atom. The summed E-state index contributed by atoms with van der Waals surface area (Å²) in [5, 5.41) is 20.8. The summed E-state index contributed by atoms with van der Waals surface area (Å²) in [7, 11) is 0. The van der Waals surface area contributed by atoms with Crippen molar-refractivity contribution in [3.05, 3.63) is 5.01 Å². The van der Waals surface area contributed by atoms with Gasteiger partial charge in [-0.3, -0.25) is 9.59 Å². The van der Waals surface area contributed by atoms with E-state index in [1.807, 2.05) is 0 Å². The van der Waals surface area contributed by atoms with Gasteiger partial charge in [-0.2, -0.15) is 0 Å². The lowest BCUT2D eigenvalue weighted by molar-refractivity contribution is -0.153. The van der Waals surface area contributed by atoms with Crippen molar-refractivity contribution in [1.29, 1.82) is 0 Å². The highest BCUT2D eigenvalue weighted by Crippen LogP contribution is 2.39. The van der Waals surface area contributed by atoms with Crippen molar-refractivity contribution in [3.8, 4) is 0 Å². The molecule has 1 amide bonds. The summed E-state index contributed by atoms with van der Waals surface area (Å²) in [6, 6.07) is 0. The minimum atomic E-state index is -0.901. The van der Waals surface area contributed by atoms with Crippen LogP contribution in [0.15, 0.2) is 0 Å². The first-order chi connectivity index (χ1) is 9.02.